The topological polar surface area (TPSA) is 130 Å². The van der Waals surface area contributed by atoms with E-state index in [-0.39, 0.29) is 24.1 Å². The number of hydrogen-bond donors (Lipinski definition) is 1. The molecule has 0 bridgehead atoms. The number of rotatable bonds is 4. The van der Waals surface area contributed by atoms with Gasteiger partial charge >= 0.3 is 5.69 Å². The lowest BCUT2D eigenvalue weighted by Gasteiger charge is -1.99. The Balaban J connectivity index is 1.83. The Hall–Kier alpha value is -2.98. The first kappa shape index (κ1) is 9.99. The third-order valence-corrected chi connectivity index (χ3v) is 2.25. The fraction of sp³-hybridized carbons (Fsp3) is 0.250. The monoisotopic (exact) mass is 266 g/mol. The van der Waals surface area contributed by atoms with Crippen molar-refractivity contribution in [2.75, 3.05) is 0 Å². The van der Waals surface area contributed by atoms with Crippen LogP contribution in [0, 0.1) is 0 Å². The molecule has 1 N–H and O–H groups in total. The summed E-state index contributed by atoms with van der Waals surface area (Å²) in [5.74, 6) is 0.258. The van der Waals surface area contributed by atoms with Gasteiger partial charge in [-0.2, -0.15) is 4.68 Å². The molecular formula is C8H8N8O3. The SMILES string of the molecule is [3H]n1ccc(OCc2nnoc2-n2nnn(C)c2=O)n1. The van der Waals surface area contributed by atoms with E-state index in [1.54, 1.807) is 0 Å². The van der Waals surface area contributed by atoms with Crippen LogP contribution >= 0.6 is 0 Å². The molecule has 0 unspecified atom stereocenters. The lowest BCUT2D eigenvalue weighted by Crippen LogP contribution is -2.22. The molecule has 19 heavy (non-hydrogen) atoms. The molecule has 0 fully saturated rings. The third-order valence-electron chi connectivity index (χ3n) is 2.25. The van der Waals surface area contributed by atoms with Crippen molar-refractivity contribution in [3.8, 4) is 11.8 Å². The molecular weight excluding hydrogens is 256 g/mol. The summed E-state index contributed by atoms with van der Waals surface area (Å²) in [5, 5.41) is 18.8. The van der Waals surface area contributed by atoms with Gasteiger partial charge in [0.15, 0.2) is 7.11 Å². The van der Waals surface area contributed by atoms with Crippen molar-refractivity contribution in [2.45, 2.75) is 6.61 Å². The molecule has 11 heteroatoms. The largest absolute Gasteiger partial charge is 0.470 e. The molecule has 0 atom stereocenters. The number of aromatic amines is 1. The van der Waals surface area contributed by atoms with Crippen molar-refractivity contribution < 1.29 is 10.7 Å². The molecule has 3 rings (SSSR count). The summed E-state index contributed by atoms with van der Waals surface area (Å²) in [5.41, 5.74) is -0.243. The van der Waals surface area contributed by atoms with Gasteiger partial charge in [-0.1, -0.05) is 0 Å². The van der Waals surface area contributed by atoms with Crippen molar-refractivity contribution >= 4 is 0 Å². The average Bonchev–Trinajstić information content (AvgIpc) is 3.11. The first-order valence-corrected chi connectivity index (χ1v) is 5.13. The Labute approximate surface area is 106 Å². The highest BCUT2D eigenvalue weighted by atomic mass is 16.5. The third kappa shape index (κ3) is 1.96. The van der Waals surface area contributed by atoms with Crippen molar-refractivity contribution in [1.82, 2.24) is 40.4 Å². The maximum atomic E-state index is 11.7. The Morgan fingerprint density at radius 3 is 3.16 bits per heavy atom. The molecule has 11 nitrogen and oxygen atoms in total. The number of aromatic nitrogens is 8. The molecule has 0 amide bonds. The molecule has 0 saturated carbocycles. The zero-order valence-electron chi connectivity index (χ0n) is 10.7. The minimum Gasteiger partial charge on any atom is -0.470 e. The van der Waals surface area contributed by atoms with E-state index in [0.717, 1.165) is 14.5 Å². The normalized spacial score (nSPS) is 11.5. The predicted octanol–water partition coefficient (Wildman–Crippen LogP) is -1.35. The van der Waals surface area contributed by atoms with E-state index in [2.05, 4.69) is 25.9 Å². The minimum absolute atomic E-state index is 0.0217. The van der Waals surface area contributed by atoms with Crippen LogP contribution in [0.4, 0.5) is 0 Å². The highest BCUT2D eigenvalue weighted by molar-refractivity contribution is 5.20. The number of ether oxygens (including phenoxy) is 1. The highest BCUT2D eigenvalue weighted by Gasteiger charge is 2.18. The van der Waals surface area contributed by atoms with Gasteiger partial charge in [0, 0.05) is 24.6 Å². The zero-order chi connectivity index (χ0) is 14.1. The van der Waals surface area contributed by atoms with Crippen LogP contribution in [-0.2, 0) is 13.7 Å². The second-order valence-corrected chi connectivity index (χ2v) is 3.48. The Morgan fingerprint density at radius 2 is 2.47 bits per heavy atom. The first-order chi connectivity index (χ1) is 9.65. The number of hydrogen-bond acceptors (Lipinski definition) is 8. The van der Waals surface area contributed by atoms with Crippen LogP contribution < -0.4 is 10.4 Å². The Bertz CT molecular complexity index is 786. The lowest BCUT2D eigenvalue weighted by molar-refractivity contribution is 0.287. The fourth-order valence-corrected chi connectivity index (χ4v) is 1.34. The quantitative estimate of drug-likeness (QED) is 0.613. The van der Waals surface area contributed by atoms with Gasteiger partial charge in [0.2, 0.25) is 5.88 Å². The van der Waals surface area contributed by atoms with E-state index < -0.39 is 5.69 Å². The fourth-order valence-electron chi connectivity index (χ4n) is 1.34. The van der Waals surface area contributed by atoms with Gasteiger partial charge in [-0.25, -0.2) is 4.79 Å². The standard InChI is InChI=1S/C8H8N8O3/c1-15-8(17)16(13-12-15)7-5(10-14-19-7)4-18-6-2-3-9-11-6/h2-3H,4H2,1H3,(H,9,11)/i/hT. The van der Waals surface area contributed by atoms with Crippen molar-refractivity contribution in [2.24, 2.45) is 7.05 Å². The molecule has 0 aliphatic rings. The maximum absolute atomic E-state index is 11.7. The summed E-state index contributed by atoms with van der Waals surface area (Å²) in [6.45, 7) is -0.0428. The van der Waals surface area contributed by atoms with E-state index >= 15 is 0 Å². The molecule has 0 aliphatic heterocycles. The number of H-pyrrole nitrogens is 1. The van der Waals surface area contributed by atoms with E-state index in [4.69, 9.17) is 10.7 Å². The lowest BCUT2D eigenvalue weighted by atomic mass is 10.5. The van der Waals surface area contributed by atoms with Gasteiger partial charge in [0.05, 0.1) is 0 Å². The Morgan fingerprint density at radius 1 is 1.58 bits per heavy atom. The van der Waals surface area contributed by atoms with Crippen LogP contribution in [0.15, 0.2) is 21.6 Å². The van der Waals surface area contributed by atoms with Crippen molar-refractivity contribution in [3.63, 3.8) is 0 Å². The van der Waals surface area contributed by atoms with Gasteiger partial charge in [-0.3, -0.25) is 5.09 Å². The number of tetrazole rings is 1. The summed E-state index contributed by atoms with van der Waals surface area (Å²) in [6.07, 6.45) is 1.41. The molecule has 0 aliphatic carbocycles. The number of aryl methyl sites for hydroxylation is 1. The number of nitrogens with one attached hydrogen (secondary N) is 1. The second-order valence-electron chi connectivity index (χ2n) is 3.48. The molecule has 0 spiro atoms. The van der Waals surface area contributed by atoms with Gasteiger partial charge in [-0.15, -0.1) is 14.9 Å². The van der Waals surface area contributed by atoms with Gasteiger partial charge in [0.1, 0.15) is 6.61 Å². The van der Waals surface area contributed by atoms with E-state index in [1.807, 2.05) is 0 Å². The van der Waals surface area contributed by atoms with Crippen LogP contribution in [0.25, 0.3) is 5.88 Å². The highest BCUT2D eigenvalue weighted by Crippen LogP contribution is 2.11. The van der Waals surface area contributed by atoms with Crippen LogP contribution in [0.1, 0.15) is 5.69 Å². The van der Waals surface area contributed by atoms with Crippen molar-refractivity contribution in [3.05, 3.63) is 28.4 Å². The minimum atomic E-state index is -0.500. The number of nitrogens with zero attached hydrogens (tertiary/aromatic N) is 7. The van der Waals surface area contributed by atoms with Crippen LogP contribution in [0.2, 0.25) is 1.41 Å². The van der Waals surface area contributed by atoms with E-state index in [0.29, 0.717) is 0 Å². The molecule has 0 radical (unpaired) electrons. The van der Waals surface area contributed by atoms with E-state index in [1.165, 1.54) is 19.3 Å². The summed E-state index contributed by atoms with van der Waals surface area (Å²) in [6, 6.07) is 1.51. The predicted molar refractivity (Wildman–Crippen MR) is 57.4 cm³/mol. The summed E-state index contributed by atoms with van der Waals surface area (Å²) >= 11 is 0. The molecule has 0 saturated heterocycles. The maximum Gasteiger partial charge on any atom is 0.371 e. The smallest absolute Gasteiger partial charge is 0.371 e. The van der Waals surface area contributed by atoms with E-state index in [9.17, 15) is 4.79 Å². The summed E-state index contributed by atoms with van der Waals surface area (Å²) < 4.78 is 19.3. The molecule has 3 heterocycles. The first-order valence-electron chi connectivity index (χ1n) is 5.58. The summed E-state index contributed by atoms with van der Waals surface area (Å²) in [4.78, 5) is 11.7. The van der Waals surface area contributed by atoms with Crippen LogP contribution in [-0.4, -0.2) is 40.4 Å². The van der Waals surface area contributed by atoms with Crippen molar-refractivity contribution in [1.29, 1.82) is 0 Å². The second kappa shape index (κ2) is 4.36. The van der Waals surface area contributed by atoms with Gasteiger partial charge < -0.3 is 9.26 Å². The van der Waals surface area contributed by atoms with Gasteiger partial charge in [0.25, 0.3) is 5.88 Å². The van der Waals surface area contributed by atoms with Crippen LogP contribution in [0.5, 0.6) is 5.88 Å². The summed E-state index contributed by atoms with van der Waals surface area (Å²) in [7, 11) is 1.45. The van der Waals surface area contributed by atoms with Gasteiger partial charge in [-0.05, 0) is 10.4 Å². The van der Waals surface area contributed by atoms with Crippen LogP contribution in [0.3, 0.4) is 0 Å². The molecule has 98 valence electrons. The molecule has 0 aromatic carbocycles. The zero-order valence-corrected chi connectivity index (χ0v) is 9.66. The molecule has 3 aromatic heterocycles. The Kier molecular flexibility index (Phi) is 2.29. The molecule has 3 aromatic rings. The average molecular weight is 266 g/mol.